The van der Waals surface area contributed by atoms with Crippen LogP contribution in [-0.4, -0.2) is 26.0 Å². The van der Waals surface area contributed by atoms with Gasteiger partial charge in [0, 0.05) is 6.20 Å². The molecule has 13 heavy (non-hydrogen) atoms. The number of rotatable bonds is 1. The fourth-order valence-electron chi connectivity index (χ4n) is 0.988. The summed E-state index contributed by atoms with van der Waals surface area (Å²) in [6.07, 6.45) is 1.24. The molecule has 6 heteroatoms. The van der Waals surface area contributed by atoms with E-state index >= 15 is 0 Å². The Labute approximate surface area is 77.4 Å². The first-order valence-corrected chi connectivity index (χ1v) is 3.79. The van der Waals surface area contributed by atoms with Crippen molar-refractivity contribution >= 4 is 28.7 Å². The molecule has 0 fully saturated rings. The number of halogens is 1. The van der Waals surface area contributed by atoms with Crippen LogP contribution in [0.4, 0.5) is 0 Å². The van der Waals surface area contributed by atoms with E-state index in [0.29, 0.717) is 11.2 Å². The molecule has 0 spiro atoms. The van der Waals surface area contributed by atoms with E-state index < -0.39 is 5.97 Å². The van der Waals surface area contributed by atoms with Gasteiger partial charge in [-0.3, -0.25) is 0 Å². The van der Waals surface area contributed by atoms with Gasteiger partial charge >= 0.3 is 5.97 Å². The summed E-state index contributed by atoms with van der Waals surface area (Å²) in [7, 11) is 0. The Kier molecular flexibility index (Phi) is 1.66. The minimum atomic E-state index is -1.03. The van der Waals surface area contributed by atoms with Gasteiger partial charge in [-0.15, -0.1) is 0 Å². The van der Waals surface area contributed by atoms with Crippen LogP contribution < -0.4 is 0 Å². The summed E-state index contributed by atoms with van der Waals surface area (Å²) in [5, 5.41) is 8.84. The number of H-pyrrole nitrogens is 1. The summed E-state index contributed by atoms with van der Waals surface area (Å²) >= 11 is 5.56. The Hall–Kier alpha value is -1.62. The number of hydrogen-bond acceptors (Lipinski definition) is 3. The van der Waals surface area contributed by atoms with Gasteiger partial charge in [0.05, 0.1) is 11.1 Å². The predicted molar refractivity (Wildman–Crippen MR) is 45.9 cm³/mol. The lowest BCUT2D eigenvalue weighted by atomic mass is 10.3. The summed E-state index contributed by atoms with van der Waals surface area (Å²) in [4.78, 5) is 20.9. The molecule has 0 aliphatic rings. The lowest BCUT2D eigenvalue weighted by molar-refractivity contribution is 0.0696. The molecule has 2 aromatic heterocycles. The zero-order valence-electron chi connectivity index (χ0n) is 6.28. The minimum Gasteiger partial charge on any atom is -0.478 e. The number of aromatic amines is 1. The second kappa shape index (κ2) is 2.70. The van der Waals surface area contributed by atoms with E-state index in [1.807, 2.05) is 0 Å². The van der Waals surface area contributed by atoms with E-state index in [0.717, 1.165) is 0 Å². The molecule has 0 amide bonds. The van der Waals surface area contributed by atoms with Gasteiger partial charge in [0.25, 0.3) is 0 Å². The van der Waals surface area contributed by atoms with Gasteiger partial charge in [-0.1, -0.05) is 0 Å². The number of carboxylic acids is 1. The lowest BCUT2D eigenvalue weighted by Crippen LogP contribution is -1.96. The van der Waals surface area contributed by atoms with Gasteiger partial charge in [0.1, 0.15) is 0 Å². The highest BCUT2D eigenvalue weighted by Gasteiger charge is 2.07. The molecule has 0 aliphatic carbocycles. The first-order chi connectivity index (χ1) is 6.16. The molecule has 0 atom stereocenters. The van der Waals surface area contributed by atoms with Crippen molar-refractivity contribution in [3.05, 3.63) is 23.1 Å². The number of fused-ring (bicyclic) bond motifs is 1. The molecular weight excluding hydrogens is 194 g/mol. The molecule has 0 saturated carbocycles. The van der Waals surface area contributed by atoms with Crippen molar-refractivity contribution in [2.24, 2.45) is 0 Å². The van der Waals surface area contributed by atoms with Gasteiger partial charge in [-0.05, 0) is 17.7 Å². The number of carbonyl (C=O) groups is 1. The highest BCUT2D eigenvalue weighted by molar-refractivity contribution is 6.29. The molecule has 2 aromatic rings. The molecule has 66 valence electrons. The standard InChI is InChI=1S/C7H4ClN3O2/c8-7-10-4-1-3(6(12)13)2-9-5(4)11-7/h1-2H,(H,12,13)(H,9,10,11). The SMILES string of the molecule is O=C(O)c1cnc2nc(Cl)[nH]c2c1. The number of aromatic nitrogens is 3. The Morgan fingerprint density at radius 3 is 3.08 bits per heavy atom. The van der Waals surface area contributed by atoms with E-state index in [1.165, 1.54) is 12.3 Å². The van der Waals surface area contributed by atoms with E-state index in [2.05, 4.69) is 15.0 Å². The highest BCUT2D eigenvalue weighted by Crippen LogP contribution is 2.13. The van der Waals surface area contributed by atoms with Crippen molar-refractivity contribution in [2.75, 3.05) is 0 Å². The molecule has 0 bridgehead atoms. The zero-order chi connectivity index (χ0) is 9.42. The van der Waals surface area contributed by atoms with Crippen LogP contribution in [-0.2, 0) is 0 Å². The zero-order valence-corrected chi connectivity index (χ0v) is 7.04. The molecular formula is C7H4ClN3O2. The van der Waals surface area contributed by atoms with Gasteiger partial charge < -0.3 is 10.1 Å². The molecule has 0 aromatic carbocycles. The second-order valence-electron chi connectivity index (χ2n) is 2.43. The van der Waals surface area contributed by atoms with Gasteiger partial charge in [0.2, 0.25) is 5.28 Å². The highest BCUT2D eigenvalue weighted by atomic mass is 35.5. The monoisotopic (exact) mass is 197 g/mol. The largest absolute Gasteiger partial charge is 0.478 e. The van der Waals surface area contributed by atoms with Crippen LogP contribution in [0.5, 0.6) is 0 Å². The molecule has 2 heterocycles. The molecule has 2 rings (SSSR count). The Balaban J connectivity index is 2.67. The lowest BCUT2D eigenvalue weighted by Gasteiger charge is -1.91. The van der Waals surface area contributed by atoms with Crippen LogP contribution in [0.15, 0.2) is 12.3 Å². The topological polar surface area (TPSA) is 78.9 Å². The number of carboxylic acid groups (broad SMARTS) is 1. The van der Waals surface area contributed by atoms with E-state index in [1.54, 1.807) is 0 Å². The average molecular weight is 198 g/mol. The summed E-state index contributed by atoms with van der Waals surface area (Å²) < 4.78 is 0. The quantitative estimate of drug-likeness (QED) is 0.723. The summed E-state index contributed by atoms with van der Waals surface area (Å²) in [6, 6.07) is 1.43. The third-order valence-electron chi connectivity index (χ3n) is 1.56. The third-order valence-corrected chi connectivity index (χ3v) is 1.73. The number of aromatic carboxylic acids is 1. The molecule has 0 aliphatic heterocycles. The summed E-state index contributed by atoms with van der Waals surface area (Å²) in [6.45, 7) is 0. The molecule has 0 unspecified atom stereocenters. The van der Waals surface area contributed by atoms with Crippen molar-refractivity contribution in [3.63, 3.8) is 0 Å². The van der Waals surface area contributed by atoms with Crippen LogP contribution in [0.1, 0.15) is 10.4 Å². The number of pyridine rings is 1. The Bertz CT molecular complexity index is 480. The molecule has 5 nitrogen and oxygen atoms in total. The third kappa shape index (κ3) is 1.33. The molecule has 0 radical (unpaired) electrons. The minimum absolute atomic E-state index is 0.104. The van der Waals surface area contributed by atoms with Gasteiger partial charge in [-0.2, -0.15) is 4.98 Å². The van der Waals surface area contributed by atoms with Gasteiger partial charge in [0.15, 0.2) is 5.65 Å². The van der Waals surface area contributed by atoms with Crippen molar-refractivity contribution in [1.29, 1.82) is 0 Å². The Morgan fingerprint density at radius 1 is 1.62 bits per heavy atom. The van der Waals surface area contributed by atoms with Crippen LogP contribution in [0.3, 0.4) is 0 Å². The summed E-state index contributed by atoms with van der Waals surface area (Å²) in [5.41, 5.74) is 1.03. The first-order valence-electron chi connectivity index (χ1n) is 3.41. The van der Waals surface area contributed by atoms with E-state index in [4.69, 9.17) is 16.7 Å². The van der Waals surface area contributed by atoms with E-state index in [-0.39, 0.29) is 10.8 Å². The molecule has 0 saturated heterocycles. The number of hydrogen-bond donors (Lipinski definition) is 2. The maximum atomic E-state index is 10.5. The van der Waals surface area contributed by atoms with E-state index in [9.17, 15) is 4.79 Å². The Morgan fingerprint density at radius 2 is 2.38 bits per heavy atom. The number of nitrogens with one attached hydrogen (secondary N) is 1. The van der Waals surface area contributed by atoms with Crippen LogP contribution in [0.2, 0.25) is 5.28 Å². The maximum absolute atomic E-state index is 10.5. The number of imidazole rings is 1. The maximum Gasteiger partial charge on any atom is 0.337 e. The van der Waals surface area contributed by atoms with Gasteiger partial charge in [-0.25, -0.2) is 9.78 Å². The van der Waals surface area contributed by atoms with Crippen LogP contribution in [0, 0.1) is 0 Å². The van der Waals surface area contributed by atoms with Crippen molar-refractivity contribution < 1.29 is 9.90 Å². The average Bonchev–Trinajstić information content (AvgIpc) is 2.42. The first kappa shape index (κ1) is 8.00. The van der Waals surface area contributed by atoms with Crippen molar-refractivity contribution in [2.45, 2.75) is 0 Å². The van der Waals surface area contributed by atoms with Crippen molar-refractivity contribution in [3.8, 4) is 0 Å². The fourth-order valence-corrected chi connectivity index (χ4v) is 1.17. The normalized spacial score (nSPS) is 10.5. The fraction of sp³-hybridized carbons (Fsp3) is 0. The second-order valence-corrected chi connectivity index (χ2v) is 2.79. The van der Waals surface area contributed by atoms with Crippen LogP contribution >= 0.6 is 11.6 Å². The summed E-state index contributed by atoms with van der Waals surface area (Å²) in [5.74, 6) is -1.03. The predicted octanol–water partition coefficient (Wildman–Crippen LogP) is 1.31. The van der Waals surface area contributed by atoms with Crippen molar-refractivity contribution in [1.82, 2.24) is 15.0 Å². The number of nitrogens with zero attached hydrogens (tertiary/aromatic N) is 2. The molecule has 2 N–H and O–H groups in total. The smallest absolute Gasteiger partial charge is 0.337 e. The van der Waals surface area contributed by atoms with Crippen LogP contribution in [0.25, 0.3) is 11.2 Å².